The summed E-state index contributed by atoms with van der Waals surface area (Å²) in [6.07, 6.45) is 8.91. The second-order valence-corrected chi connectivity index (χ2v) is 11.8. The predicted molar refractivity (Wildman–Crippen MR) is 118 cm³/mol. The molecule has 4 nitrogen and oxygen atoms in total. The molecule has 4 heteroatoms. The van der Waals surface area contributed by atoms with Gasteiger partial charge in [-0.2, -0.15) is 0 Å². The number of fused-ring (bicyclic) bond motifs is 7. The second-order valence-electron chi connectivity index (χ2n) is 11.8. The van der Waals surface area contributed by atoms with E-state index in [0.29, 0.717) is 48.2 Å². The van der Waals surface area contributed by atoms with Crippen LogP contribution in [-0.4, -0.2) is 23.1 Å². The third-order valence-electron chi connectivity index (χ3n) is 10.6. The van der Waals surface area contributed by atoms with Gasteiger partial charge in [-0.25, -0.2) is 0 Å². The van der Waals surface area contributed by atoms with Crippen molar-refractivity contribution in [2.75, 3.05) is 0 Å². The molecule has 0 amide bonds. The minimum absolute atomic E-state index is 0.0292. The van der Waals surface area contributed by atoms with Crippen LogP contribution in [-0.2, 0) is 19.1 Å². The number of Topliss-reactive ketones (excluding diaryl/α,β-unsaturated/α-hetero) is 1. The first-order valence-electron chi connectivity index (χ1n) is 12.6. The van der Waals surface area contributed by atoms with E-state index in [9.17, 15) is 14.4 Å². The van der Waals surface area contributed by atoms with E-state index in [1.807, 2.05) is 13.0 Å². The van der Waals surface area contributed by atoms with Gasteiger partial charge >= 0.3 is 5.97 Å². The normalized spacial score (nSPS) is 49.8. The van der Waals surface area contributed by atoms with Gasteiger partial charge in [0.25, 0.3) is 0 Å². The molecular formula is C27H38O4. The van der Waals surface area contributed by atoms with Gasteiger partial charge in [-0.15, -0.1) is 0 Å². The third kappa shape index (κ3) is 2.63. The molecule has 0 aromatic rings. The van der Waals surface area contributed by atoms with Gasteiger partial charge in [0.15, 0.2) is 17.2 Å². The molecule has 5 rings (SSSR count). The Morgan fingerprint density at radius 2 is 1.81 bits per heavy atom. The Labute approximate surface area is 186 Å². The quantitative estimate of drug-likeness (QED) is 0.573. The van der Waals surface area contributed by atoms with Crippen molar-refractivity contribution in [3.8, 4) is 0 Å². The monoisotopic (exact) mass is 426 g/mol. The van der Waals surface area contributed by atoms with Gasteiger partial charge in [0, 0.05) is 17.8 Å². The number of ketones is 2. The molecule has 0 N–H and O–H groups in total. The Balaban J connectivity index is 1.51. The molecule has 0 bridgehead atoms. The lowest BCUT2D eigenvalue weighted by Crippen LogP contribution is -2.59. The van der Waals surface area contributed by atoms with Crippen LogP contribution in [0.5, 0.6) is 0 Å². The minimum Gasteiger partial charge on any atom is -0.450 e. The zero-order valence-corrected chi connectivity index (χ0v) is 19.8. The van der Waals surface area contributed by atoms with E-state index >= 15 is 0 Å². The Bertz CT molecular complexity index is 872. The van der Waals surface area contributed by atoms with Gasteiger partial charge in [0.05, 0.1) is 0 Å². The average Bonchev–Trinajstić information content (AvgIpc) is 3.45. The Morgan fingerprint density at radius 3 is 2.48 bits per heavy atom. The maximum atomic E-state index is 13.1. The summed E-state index contributed by atoms with van der Waals surface area (Å²) in [5, 5.41) is 0. The zero-order chi connectivity index (χ0) is 22.3. The number of allylic oxidation sites excluding steroid dienone is 1. The third-order valence-corrected chi connectivity index (χ3v) is 10.6. The summed E-state index contributed by atoms with van der Waals surface area (Å²) in [5.41, 5.74) is 0.294. The van der Waals surface area contributed by atoms with Crippen LogP contribution in [0.25, 0.3) is 0 Å². The van der Waals surface area contributed by atoms with E-state index in [2.05, 4.69) is 20.8 Å². The number of hydrogen-bond donors (Lipinski definition) is 0. The lowest BCUT2D eigenvalue weighted by molar-refractivity contribution is -0.189. The van der Waals surface area contributed by atoms with Crippen LogP contribution < -0.4 is 0 Å². The number of ether oxygens (including phenoxy) is 1. The Hall–Kier alpha value is -1.45. The zero-order valence-electron chi connectivity index (χ0n) is 19.8. The first-order chi connectivity index (χ1) is 14.6. The van der Waals surface area contributed by atoms with E-state index in [0.717, 1.165) is 38.5 Å². The van der Waals surface area contributed by atoms with Crippen molar-refractivity contribution in [1.82, 2.24) is 0 Å². The topological polar surface area (TPSA) is 60.4 Å². The number of carbonyl (C=O) groups excluding carboxylic acids is 3. The molecule has 0 aromatic carbocycles. The van der Waals surface area contributed by atoms with E-state index in [4.69, 9.17) is 4.74 Å². The largest absolute Gasteiger partial charge is 0.450 e. The van der Waals surface area contributed by atoms with Crippen molar-refractivity contribution in [3.05, 3.63) is 11.6 Å². The molecule has 170 valence electrons. The van der Waals surface area contributed by atoms with Crippen LogP contribution >= 0.6 is 0 Å². The Kier molecular flexibility index (Phi) is 4.68. The van der Waals surface area contributed by atoms with Crippen molar-refractivity contribution < 1.29 is 19.1 Å². The van der Waals surface area contributed by atoms with Gasteiger partial charge in [-0.05, 0) is 93.0 Å². The second kappa shape index (κ2) is 6.78. The Morgan fingerprint density at radius 1 is 1.10 bits per heavy atom. The SMILES string of the molecule is CCCC(=O)O[C@]1(C(C)=O)CC[C@H]2[C@@H]3C[C@H](C)C4=CC(=O)[C@@H]5C[C@@H]5[C@]4(C)[C@H]3CC[C@@]21C. The van der Waals surface area contributed by atoms with Crippen molar-refractivity contribution in [2.45, 2.75) is 91.6 Å². The van der Waals surface area contributed by atoms with Crippen LogP contribution in [0, 0.1) is 46.3 Å². The van der Waals surface area contributed by atoms with Crippen LogP contribution in [0.4, 0.5) is 0 Å². The highest BCUT2D eigenvalue weighted by Crippen LogP contribution is 2.73. The average molecular weight is 427 g/mol. The van der Waals surface area contributed by atoms with Crippen molar-refractivity contribution in [3.63, 3.8) is 0 Å². The van der Waals surface area contributed by atoms with E-state index in [1.165, 1.54) is 5.57 Å². The highest BCUT2D eigenvalue weighted by molar-refractivity contribution is 5.96. The summed E-state index contributed by atoms with van der Waals surface area (Å²) in [7, 11) is 0. The highest BCUT2D eigenvalue weighted by atomic mass is 16.6. The van der Waals surface area contributed by atoms with Gasteiger partial charge in [0.2, 0.25) is 0 Å². The summed E-state index contributed by atoms with van der Waals surface area (Å²) in [6.45, 7) is 10.6. The van der Waals surface area contributed by atoms with Crippen LogP contribution in [0.1, 0.15) is 86.0 Å². The maximum absolute atomic E-state index is 13.1. The molecule has 0 radical (unpaired) electrons. The fourth-order valence-corrected chi connectivity index (χ4v) is 9.13. The molecule has 0 aromatic heterocycles. The fraction of sp³-hybridized carbons (Fsp3) is 0.815. The molecule has 0 unspecified atom stereocenters. The number of rotatable bonds is 4. The van der Waals surface area contributed by atoms with Crippen LogP contribution in [0.3, 0.4) is 0 Å². The molecule has 31 heavy (non-hydrogen) atoms. The molecule has 4 saturated carbocycles. The molecule has 0 heterocycles. The molecule has 5 aliphatic rings. The number of hydrogen-bond acceptors (Lipinski definition) is 4. The summed E-state index contributed by atoms with van der Waals surface area (Å²) in [5.74, 6) is 2.87. The molecular weight excluding hydrogens is 388 g/mol. The van der Waals surface area contributed by atoms with Crippen molar-refractivity contribution in [2.24, 2.45) is 46.3 Å². The molecule has 0 aliphatic heterocycles. The van der Waals surface area contributed by atoms with E-state index in [-0.39, 0.29) is 28.5 Å². The molecule has 0 spiro atoms. The lowest BCUT2D eigenvalue weighted by atomic mass is 9.44. The minimum atomic E-state index is -0.959. The van der Waals surface area contributed by atoms with Crippen molar-refractivity contribution >= 4 is 17.5 Å². The predicted octanol–water partition coefficient (Wildman–Crippen LogP) is 5.29. The van der Waals surface area contributed by atoms with Gasteiger partial charge in [-0.3, -0.25) is 14.4 Å². The van der Waals surface area contributed by atoms with Crippen LogP contribution in [0.15, 0.2) is 11.6 Å². The first-order valence-corrected chi connectivity index (χ1v) is 12.6. The summed E-state index contributed by atoms with van der Waals surface area (Å²) in [6, 6.07) is 0. The van der Waals surface area contributed by atoms with Crippen LogP contribution in [0.2, 0.25) is 0 Å². The van der Waals surface area contributed by atoms with Gasteiger partial charge in [0.1, 0.15) is 0 Å². The van der Waals surface area contributed by atoms with Gasteiger partial charge in [-0.1, -0.05) is 33.3 Å². The summed E-state index contributed by atoms with van der Waals surface area (Å²) < 4.78 is 6.11. The molecule has 9 atom stereocenters. The lowest BCUT2D eigenvalue weighted by Gasteiger charge is -2.60. The first kappa shape index (κ1) is 21.4. The van der Waals surface area contributed by atoms with E-state index < -0.39 is 5.60 Å². The van der Waals surface area contributed by atoms with Gasteiger partial charge < -0.3 is 4.74 Å². The molecule has 5 aliphatic carbocycles. The summed E-state index contributed by atoms with van der Waals surface area (Å²) >= 11 is 0. The number of carbonyl (C=O) groups is 3. The molecule has 4 fully saturated rings. The fourth-order valence-electron chi connectivity index (χ4n) is 9.13. The van der Waals surface area contributed by atoms with Crippen molar-refractivity contribution in [1.29, 1.82) is 0 Å². The molecule has 0 saturated heterocycles. The highest BCUT2D eigenvalue weighted by Gasteiger charge is 2.71. The summed E-state index contributed by atoms with van der Waals surface area (Å²) in [4.78, 5) is 38.1. The van der Waals surface area contributed by atoms with E-state index in [1.54, 1.807) is 6.92 Å². The smallest absolute Gasteiger partial charge is 0.306 e. The maximum Gasteiger partial charge on any atom is 0.306 e. The standard InChI is InChI=1S/C27H38O4/c1-6-7-24(30)31-27(16(3)28)11-9-19-17-12-15(2)21-14-23(29)18-13-22(18)26(21,5)20(17)8-10-25(19,27)4/h14-15,17-20,22H,6-13H2,1-5H3/t15-,17-,18+,19-,20-,22-,25-,26+,27-/m0/s1. The number of esters is 1.